The lowest BCUT2D eigenvalue weighted by Crippen LogP contribution is -2.41. The Morgan fingerprint density at radius 1 is 0.939 bits per heavy atom. The second-order valence-corrected chi connectivity index (χ2v) is 10.7. The minimum atomic E-state index is -0.100. The van der Waals surface area contributed by atoms with E-state index >= 15 is 0 Å². The number of nitrogen functional groups attached to an aromatic ring is 1. The number of hydrogen-bond acceptors (Lipinski definition) is 4. The molecule has 6 heteroatoms. The Kier molecular flexibility index (Phi) is 6.91. The van der Waals surface area contributed by atoms with Crippen LogP contribution >= 0.6 is 0 Å². The zero-order valence-corrected chi connectivity index (χ0v) is 20.5. The molecular formula is C27H39N5O. The van der Waals surface area contributed by atoms with Gasteiger partial charge in [-0.25, -0.2) is 14.8 Å². The average molecular weight is 450 g/mol. The van der Waals surface area contributed by atoms with Crippen molar-refractivity contribution in [1.29, 1.82) is 0 Å². The SMILES string of the molecule is CC(C)(Cn1c(=O)n(-c2ccccc2)c2c(N)ncnc21)C1(C)CCCCCCCCCC1. The Hall–Kier alpha value is -2.63. The fourth-order valence-electron chi connectivity index (χ4n) is 5.54. The molecular weight excluding hydrogens is 410 g/mol. The van der Waals surface area contributed by atoms with Gasteiger partial charge < -0.3 is 5.73 Å². The molecule has 0 aliphatic heterocycles. The van der Waals surface area contributed by atoms with Crippen LogP contribution in [0.25, 0.3) is 16.9 Å². The molecule has 0 radical (unpaired) electrons. The first-order valence-corrected chi connectivity index (χ1v) is 12.6. The number of benzene rings is 1. The Morgan fingerprint density at radius 2 is 1.52 bits per heavy atom. The van der Waals surface area contributed by atoms with Crippen LogP contribution in [0.5, 0.6) is 0 Å². The summed E-state index contributed by atoms with van der Waals surface area (Å²) in [4.78, 5) is 22.5. The Balaban J connectivity index is 1.75. The van der Waals surface area contributed by atoms with Crippen molar-refractivity contribution in [3.8, 4) is 5.69 Å². The van der Waals surface area contributed by atoms with Gasteiger partial charge in [-0.3, -0.25) is 9.13 Å². The highest BCUT2D eigenvalue weighted by atomic mass is 16.1. The van der Waals surface area contributed by atoms with Crippen molar-refractivity contribution >= 4 is 17.0 Å². The molecule has 0 spiro atoms. The molecule has 0 bridgehead atoms. The second kappa shape index (κ2) is 9.70. The average Bonchev–Trinajstić information content (AvgIpc) is 3.04. The third-order valence-corrected chi connectivity index (χ3v) is 8.14. The molecule has 0 unspecified atom stereocenters. The van der Waals surface area contributed by atoms with Gasteiger partial charge in [0.15, 0.2) is 11.5 Å². The molecule has 2 heterocycles. The third kappa shape index (κ3) is 4.71. The molecule has 1 saturated carbocycles. The first-order valence-electron chi connectivity index (χ1n) is 12.6. The number of anilines is 1. The van der Waals surface area contributed by atoms with Crippen molar-refractivity contribution < 1.29 is 0 Å². The molecule has 3 aromatic rings. The van der Waals surface area contributed by atoms with Crippen molar-refractivity contribution in [1.82, 2.24) is 19.1 Å². The molecule has 0 atom stereocenters. The maximum Gasteiger partial charge on any atom is 0.335 e. The van der Waals surface area contributed by atoms with Crippen LogP contribution < -0.4 is 11.4 Å². The molecule has 0 amide bonds. The highest BCUT2D eigenvalue weighted by Crippen LogP contribution is 2.48. The number of fused-ring (bicyclic) bond motifs is 1. The fraction of sp³-hybridized carbons (Fsp3) is 0.593. The monoisotopic (exact) mass is 449 g/mol. The minimum absolute atomic E-state index is 0.0829. The summed E-state index contributed by atoms with van der Waals surface area (Å²) in [6, 6.07) is 9.65. The highest BCUT2D eigenvalue weighted by Gasteiger charge is 2.41. The molecule has 178 valence electrons. The topological polar surface area (TPSA) is 78.7 Å². The number of rotatable bonds is 4. The van der Waals surface area contributed by atoms with Crippen LogP contribution in [-0.4, -0.2) is 19.1 Å². The summed E-state index contributed by atoms with van der Waals surface area (Å²) in [6.07, 6.45) is 14.4. The molecule has 2 aromatic heterocycles. The standard InChI is InChI=1S/C27H39N5O/c1-26(2,27(3)17-13-8-6-4-5-7-9-14-18-27)19-31-24-22(23(28)29-20-30-24)32(25(31)33)21-15-11-10-12-16-21/h10-12,15-16,20H,4-9,13-14,17-19H2,1-3H3,(H2,28,29,30). The molecule has 4 rings (SSSR count). The van der Waals surface area contributed by atoms with E-state index in [0.717, 1.165) is 5.69 Å². The van der Waals surface area contributed by atoms with E-state index in [1.807, 2.05) is 34.9 Å². The summed E-state index contributed by atoms with van der Waals surface area (Å²) in [5.74, 6) is 0.332. The molecule has 1 aromatic carbocycles. The van der Waals surface area contributed by atoms with Gasteiger partial charge in [-0.05, 0) is 35.8 Å². The maximum atomic E-state index is 13.8. The molecule has 33 heavy (non-hydrogen) atoms. The normalized spacial score (nSPS) is 18.2. The largest absolute Gasteiger partial charge is 0.382 e. The highest BCUT2D eigenvalue weighted by molar-refractivity contribution is 5.84. The lowest BCUT2D eigenvalue weighted by molar-refractivity contribution is 0.0437. The summed E-state index contributed by atoms with van der Waals surface area (Å²) in [6.45, 7) is 7.70. The van der Waals surface area contributed by atoms with E-state index in [0.29, 0.717) is 23.5 Å². The molecule has 1 aliphatic rings. The molecule has 0 saturated heterocycles. The van der Waals surface area contributed by atoms with Crippen LogP contribution in [0, 0.1) is 10.8 Å². The summed E-state index contributed by atoms with van der Waals surface area (Å²) >= 11 is 0. The number of aromatic nitrogens is 4. The first kappa shape index (κ1) is 23.5. The van der Waals surface area contributed by atoms with Gasteiger partial charge in [0, 0.05) is 6.54 Å². The predicted molar refractivity (Wildman–Crippen MR) is 136 cm³/mol. The summed E-state index contributed by atoms with van der Waals surface area (Å²) < 4.78 is 3.50. The van der Waals surface area contributed by atoms with E-state index in [1.165, 1.54) is 70.5 Å². The summed E-state index contributed by atoms with van der Waals surface area (Å²) in [7, 11) is 0. The van der Waals surface area contributed by atoms with Gasteiger partial charge in [0.05, 0.1) is 5.69 Å². The zero-order valence-electron chi connectivity index (χ0n) is 20.5. The quantitative estimate of drug-likeness (QED) is 0.521. The van der Waals surface area contributed by atoms with Crippen LogP contribution in [-0.2, 0) is 6.54 Å². The summed E-state index contributed by atoms with van der Waals surface area (Å²) in [5, 5.41) is 0. The molecule has 1 fully saturated rings. The molecule has 6 nitrogen and oxygen atoms in total. The lowest BCUT2D eigenvalue weighted by Gasteiger charge is -2.45. The Labute approximate surface area is 197 Å². The number of hydrogen-bond donors (Lipinski definition) is 1. The Bertz CT molecular complexity index is 1120. The van der Waals surface area contributed by atoms with Crippen LogP contribution in [0.3, 0.4) is 0 Å². The van der Waals surface area contributed by atoms with Gasteiger partial charge in [0.25, 0.3) is 0 Å². The van der Waals surface area contributed by atoms with Gasteiger partial charge in [0.2, 0.25) is 0 Å². The van der Waals surface area contributed by atoms with E-state index < -0.39 is 0 Å². The smallest absolute Gasteiger partial charge is 0.335 e. The van der Waals surface area contributed by atoms with E-state index in [2.05, 4.69) is 30.7 Å². The van der Waals surface area contributed by atoms with Gasteiger partial charge >= 0.3 is 5.69 Å². The van der Waals surface area contributed by atoms with Crippen LogP contribution in [0.15, 0.2) is 41.5 Å². The van der Waals surface area contributed by atoms with Crippen molar-refractivity contribution in [2.45, 2.75) is 91.5 Å². The minimum Gasteiger partial charge on any atom is -0.382 e. The van der Waals surface area contributed by atoms with Crippen LogP contribution in [0.4, 0.5) is 5.82 Å². The number of nitrogens with two attached hydrogens (primary N) is 1. The Morgan fingerprint density at radius 3 is 2.12 bits per heavy atom. The van der Waals surface area contributed by atoms with E-state index in [4.69, 9.17) is 5.73 Å². The van der Waals surface area contributed by atoms with Crippen molar-refractivity contribution in [2.24, 2.45) is 10.8 Å². The third-order valence-electron chi connectivity index (χ3n) is 8.14. The van der Waals surface area contributed by atoms with E-state index in [1.54, 1.807) is 4.57 Å². The van der Waals surface area contributed by atoms with Crippen LogP contribution in [0.2, 0.25) is 0 Å². The van der Waals surface area contributed by atoms with Gasteiger partial charge in [-0.15, -0.1) is 0 Å². The lowest BCUT2D eigenvalue weighted by atomic mass is 9.61. The number of para-hydroxylation sites is 1. The van der Waals surface area contributed by atoms with Crippen molar-refractivity contribution in [2.75, 3.05) is 5.73 Å². The zero-order chi connectivity index (χ0) is 23.5. The van der Waals surface area contributed by atoms with Gasteiger partial charge in [0.1, 0.15) is 11.8 Å². The van der Waals surface area contributed by atoms with E-state index in [-0.39, 0.29) is 16.5 Å². The van der Waals surface area contributed by atoms with Crippen molar-refractivity contribution in [3.05, 3.63) is 47.1 Å². The first-order chi connectivity index (χ1) is 15.8. The number of nitrogens with zero attached hydrogens (tertiary/aromatic N) is 4. The predicted octanol–water partition coefficient (Wildman–Crippen LogP) is 6.11. The fourth-order valence-corrected chi connectivity index (χ4v) is 5.54. The van der Waals surface area contributed by atoms with Crippen LogP contribution in [0.1, 0.15) is 85.0 Å². The van der Waals surface area contributed by atoms with Gasteiger partial charge in [-0.2, -0.15) is 0 Å². The molecule has 1 aliphatic carbocycles. The summed E-state index contributed by atoms with van der Waals surface area (Å²) in [5.41, 5.74) is 8.23. The van der Waals surface area contributed by atoms with Crippen molar-refractivity contribution in [3.63, 3.8) is 0 Å². The maximum absolute atomic E-state index is 13.8. The second-order valence-electron chi connectivity index (χ2n) is 10.7. The van der Waals surface area contributed by atoms with Gasteiger partial charge in [-0.1, -0.05) is 90.3 Å². The number of imidazole rings is 1. The molecule has 2 N–H and O–H groups in total. The van der Waals surface area contributed by atoms with E-state index in [9.17, 15) is 4.79 Å².